The molecule has 0 bridgehead atoms. The lowest BCUT2D eigenvalue weighted by atomic mass is 10.2. The van der Waals surface area contributed by atoms with Crippen LogP contribution in [0.15, 0.2) is 48.5 Å². The molecule has 2 N–H and O–H groups in total. The second-order valence-electron chi connectivity index (χ2n) is 4.06. The number of benzene rings is 2. The molecule has 0 radical (unpaired) electrons. The van der Waals surface area contributed by atoms with Gasteiger partial charge in [0.15, 0.2) is 0 Å². The fourth-order valence-electron chi connectivity index (χ4n) is 1.60. The molecule has 0 unspecified atom stereocenters. The quantitative estimate of drug-likeness (QED) is 0.651. The number of hydrogen-bond donors (Lipinski definition) is 2. The van der Waals surface area contributed by atoms with Gasteiger partial charge >= 0.3 is 6.03 Å². The molecule has 2 aromatic rings. The van der Waals surface area contributed by atoms with Crippen molar-refractivity contribution in [2.24, 2.45) is 0 Å². The Hall–Kier alpha value is -1.75. The van der Waals surface area contributed by atoms with Gasteiger partial charge in [0.05, 0.1) is 17.3 Å². The van der Waals surface area contributed by atoms with E-state index < -0.39 is 6.03 Å². The van der Waals surface area contributed by atoms with E-state index in [0.29, 0.717) is 26.4 Å². The molecule has 0 aromatic heterocycles. The average Bonchev–Trinajstić information content (AvgIpc) is 2.43. The van der Waals surface area contributed by atoms with Crippen LogP contribution in [0.25, 0.3) is 0 Å². The molecule has 0 aliphatic carbocycles. The highest BCUT2D eigenvalue weighted by atomic mass is 35.5. The monoisotopic (exact) mass is 310 g/mol. The van der Waals surface area contributed by atoms with Gasteiger partial charge in [0.25, 0.3) is 0 Å². The number of nitrogens with zero attached hydrogens (tertiary/aromatic N) is 1. The second kappa shape index (κ2) is 6.61. The normalized spacial score (nSPS) is 10.2. The van der Waals surface area contributed by atoms with Crippen molar-refractivity contribution in [1.29, 1.82) is 0 Å². The molecule has 0 saturated carbocycles. The number of anilines is 1. The minimum atomic E-state index is -0.682. The van der Waals surface area contributed by atoms with Crippen LogP contribution in [-0.2, 0) is 6.54 Å². The average molecular weight is 311 g/mol. The first-order chi connectivity index (χ1) is 9.58. The molecule has 0 spiro atoms. The lowest BCUT2D eigenvalue weighted by Gasteiger charge is -2.17. The number of nitrogens with one attached hydrogen (secondary N) is 1. The van der Waals surface area contributed by atoms with E-state index in [2.05, 4.69) is 5.32 Å². The van der Waals surface area contributed by atoms with Crippen molar-refractivity contribution in [3.05, 3.63) is 64.1 Å². The Labute approximate surface area is 126 Å². The van der Waals surface area contributed by atoms with Crippen molar-refractivity contribution in [2.45, 2.75) is 6.54 Å². The number of carbonyl (C=O) groups excluding carboxylic acids is 1. The van der Waals surface area contributed by atoms with Gasteiger partial charge in [-0.3, -0.25) is 5.21 Å². The van der Waals surface area contributed by atoms with Crippen LogP contribution in [0.4, 0.5) is 10.5 Å². The van der Waals surface area contributed by atoms with Crippen LogP contribution in [0, 0.1) is 0 Å². The summed E-state index contributed by atoms with van der Waals surface area (Å²) in [6, 6.07) is 13.1. The zero-order valence-corrected chi connectivity index (χ0v) is 11.9. The van der Waals surface area contributed by atoms with Crippen LogP contribution in [0.3, 0.4) is 0 Å². The fourth-order valence-corrected chi connectivity index (χ4v) is 1.98. The van der Waals surface area contributed by atoms with Crippen molar-refractivity contribution >= 4 is 34.9 Å². The molecule has 0 aliphatic heterocycles. The van der Waals surface area contributed by atoms with E-state index in [1.165, 1.54) is 0 Å². The van der Waals surface area contributed by atoms with Crippen LogP contribution in [0.1, 0.15) is 5.56 Å². The molecule has 20 heavy (non-hydrogen) atoms. The molecule has 6 heteroatoms. The molecule has 0 aliphatic rings. The molecule has 0 saturated heterocycles. The maximum atomic E-state index is 11.8. The molecule has 0 heterocycles. The lowest BCUT2D eigenvalue weighted by Crippen LogP contribution is -2.31. The first-order valence-electron chi connectivity index (χ1n) is 5.83. The molecule has 2 aromatic carbocycles. The van der Waals surface area contributed by atoms with Crippen LogP contribution < -0.4 is 5.32 Å². The van der Waals surface area contributed by atoms with Gasteiger partial charge in [-0.1, -0.05) is 53.5 Å². The second-order valence-corrected chi connectivity index (χ2v) is 4.87. The van der Waals surface area contributed by atoms with Gasteiger partial charge in [0.1, 0.15) is 0 Å². The van der Waals surface area contributed by atoms with E-state index in [9.17, 15) is 10.0 Å². The van der Waals surface area contributed by atoms with Gasteiger partial charge in [-0.05, 0) is 23.8 Å². The number of para-hydroxylation sites is 1. The molecule has 0 fully saturated rings. The third-order valence-electron chi connectivity index (χ3n) is 2.63. The Kier molecular flexibility index (Phi) is 4.84. The first-order valence-corrected chi connectivity index (χ1v) is 6.59. The van der Waals surface area contributed by atoms with E-state index in [1.807, 2.05) is 0 Å². The topological polar surface area (TPSA) is 52.6 Å². The number of carbonyl (C=O) groups is 1. The number of halogens is 2. The van der Waals surface area contributed by atoms with Crippen LogP contribution >= 0.6 is 23.2 Å². The van der Waals surface area contributed by atoms with E-state index in [-0.39, 0.29) is 6.54 Å². The minimum Gasteiger partial charge on any atom is -0.305 e. The van der Waals surface area contributed by atoms with Gasteiger partial charge in [-0.15, -0.1) is 0 Å². The highest BCUT2D eigenvalue weighted by molar-refractivity contribution is 6.33. The van der Waals surface area contributed by atoms with E-state index in [1.54, 1.807) is 48.5 Å². The fraction of sp³-hybridized carbons (Fsp3) is 0.0714. The molecule has 104 valence electrons. The highest BCUT2D eigenvalue weighted by Gasteiger charge is 2.14. The molecule has 2 amide bonds. The number of rotatable bonds is 3. The Morgan fingerprint density at radius 3 is 2.30 bits per heavy atom. The SMILES string of the molecule is O=C(Nc1ccccc1Cl)N(O)Cc1ccccc1Cl. The summed E-state index contributed by atoms with van der Waals surface area (Å²) in [5.41, 5.74) is 1.07. The third-order valence-corrected chi connectivity index (χ3v) is 3.33. The zero-order chi connectivity index (χ0) is 14.5. The van der Waals surface area contributed by atoms with Crippen molar-refractivity contribution < 1.29 is 10.0 Å². The van der Waals surface area contributed by atoms with Crippen molar-refractivity contribution in [2.75, 3.05) is 5.32 Å². The molecular weight excluding hydrogens is 299 g/mol. The number of urea groups is 1. The van der Waals surface area contributed by atoms with Crippen molar-refractivity contribution in [3.63, 3.8) is 0 Å². The van der Waals surface area contributed by atoms with Gasteiger partial charge in [-0.2, -0.15) is 0 Å². The number of hydrogen-bond acceptors (Lipinski definition) is 2. The maximum absolute atomic E-state index is 11.8. The first kappa shape index (κ1) is 14.7. The summed E-state index contributed by atoms with van der Waals surface area (Å²) in [4.78, 5) is 11.8. The van der Waals surface area contributed by atoms with Gasteiger partial charge < -0.3 is 5.32 Å². The Morgan fingerprint density at radius 1 is 1.05 bits per heavy atom. The van der Waals surface area contributed by atoms with Crippen LogP contribution in [0.5, 0.6) is 0 Å². The van der Waals surface area contributed by atoms with Crippen LogP contribution in [-0.4, -0.2) is 16.3 Å². The smallest absolute Gasteiger partial charge is 0.305 e. The summed E-state index contributed by atoms with van der Waals surface area (Å²) >= 11 is 11.9. The molecule has 2 rings (SSSR count). The zero-order valence-electron chi connectivity index (χ0n) is 10.4. The van der Waals surface area contributed by atoms with E-state index in [0.717, 1.165) is 0 Å². The van der Waals surface area contributed by atoms with Crippen molar-refractivity contribution in [3.8, 4) is 0 Å². The molecule has 4 nitrogen and oxygen atoms in total. The summed E-state index contributed by atoms with van der Waals surface area (Å²) in [6.07, 6.45) is 0. The predicted molar refractivity (Wildman–Crippen MR) is 79.3 cm³/mol. The maximum Gasteiger partial charge on any atom is 0.345 e. The van der Waals surface area contributed by atoms with E-state index >= 15 is 0 Å². The Morgan fingerprint density at radius 2 is 1.65 bits per heavy atom. The van der Waals surface area contributed by atoms with E-state index in [4.69, 9.17) is 23.2 Å². The summed E-state index contributed by atoms with van der Waals surface area (Å²) < 4.78 is 0. The largest absolute Gasteiger partial charge is 0.345 e. The Balaban J connectivity index is 2.03. The standard InChI is InChI=1S/C14H12Cl2N2O2/c15-11-6-2-1-5-10(11)9-18(20)14(19)17-13-8-4-3-7-12(13)16/h1-8,20H,9H2,(H,17,19). The summed E-state index contributed by atoms with van der Waals surface area (Å²) in [6.45, 7) is -0.0179. The van der Waals surface area contributed by atoms with Gasteiger partial charge in [0.2, 0.25) is 0 Å². The highest BCUT2D eigenvalue weighted by Crippen LogP contribution is 2.21. The lowest BCUT2D eigenvalue weighted by molar-refractivity contribution is -0.0449. The predicted octanol–water partition coefficient (Wildman–Crippen LogP) is 4.42. The van der Waals surface area contributed by atoms with Crippen molar-refractivity contribution in [1.82, 2.24) is 5.06 Å². The number of hydroxylamine groups is 2. The molecule has 0 atom stereocenters. The minimum absolute atomic E-state index is 0.0179. The summed E-state index contributed by atoms with van der Waals surface area (Å²) in [5, 5.41) is 13.7. The summed E-state index contributed by atoms with van der Waals surface area (Å²) in [7, 11) is 0. The van der Waals surface area contributed by atoms with Gasteiger partial charge in [-0.25, -0.2) is 9.86 Å². The Bertz CT molecular complexity index is 620. The van der Waals surface area contributed by atoms with Crippen LogP contribution in [0.2, 0.25) is 10.0 Å². The molecular formula is C14H12Cl2N2O2. The van der Waals surface area contributed by atoms with Gasteiger partial charge in [0, 0.05) is 5.02 Å². The number of amides is 2. The summed E-state index contributed by atoms with van der Waals surface area (Å²) in [5.74, 6) is 0. The third kappa shape index (κ3) is 3.63.